The van der Waals surface area contributed by atoms with Crippen LogP contribution < -0.4 is 15.0 Å². The molecule has 0 aliphatic carbocycles. The fraction of sp³-hybridized carbons (Fsp3) is 0.667. The van der Waals surface area contributed by atoms with Gasteiger partial charge in [-0.05, 0) is 33.9 Å². The molecular formula is C12H22N4O. The third kappa shape index (κ3) is 4.56. The molecule has 0 amide bonds. The fourth-order valence-electron chi connectivity index (χ4n) is 1.55. The molecule has 0 radical (unpaired) electrons. The number of rotatable bonds is 7. The predicted molar refractivity (Wildman–Crippen MR) is 69.8 cm³/mol. The Kier molecular flexibility index (Phi) is 5.69. The van der Waals surface area contributed by atoms with E-state index in [0.717, 1.165) is 31.2 Å². The maximum atomic E-state index is 5.41. The Balaban J connectivity index is 2.67. The summed E-state index contributed by atoms with van der Waals surface area (Å²) in [5.74, 6) is 2.30. The van der Waals surface area contributed by atoms with Crippen LogP contribution >= 0.6 is 0 Å². The molecule has 0 saturated heterocycles. The zero-order chi connectivity index (χ0) is 12.7. The van der Waals surface area contributed by atoms with E-state index in [1.165, 1.54) is 0 Å². The molecule has 1 heterocycles. The molecule has 0 unspecified atom stereocenters. The van der Waals surface area contributed by atoms with E-state index in [9.17, 15) is 0 Å². The van der Waals surface area contributed by atoms with E-state index >= 15 is 0 Å². The van der Waals surface area contributed by atoms with Crippen LogP contribution in [0.5, 0.6) is 5.88 Å². The number of nitrogens with one attached hydrogen (secondary N) is 1. The van der Waals surface area contributed by atoms with Crippen LogP contribution in [0.2, 0.25) is 0 Å². The fourth-order valence-corrected chi connectivity index (χ4v) is 1.55. The molecule has 0 saturated carbocycles. The van der Waals surface area contributed by atoms with Crippen LogP contribution in [0.15, 0.2) is 6.07 Å². The number of hydrogen-bond acceptors (Lipinski definition) is 5. The molecular weight excluding hydrogens is 216 g/mol. The zero-order valence-corrected chi connectivity index (χ0v) is 11.2. The molecule has 0 spiro atoms. The first-order chi connectivity index (χ1) is 8.17. The van der Waals surface area contributed by atoms with Gasteiger partial charge >= 0.3 is 0 Å². The van der Waals surface area contributed by atoms with E-state index in [-0.39, 0.29) is 0 Å². The standard InChI is InChI=1S/C12H22N4O/c1-5-17-12-9-11(14-10(2)15-12)16(4)8-6-7-13-3/h9,13H,5-8H2,1-4H3. The summed E-state index contributed by atoms with van der Waals surface area (Å²) in [4.78, 5) is 10.8. The van der Waals surface area contributed by atoms with Crippen LogP contribution in [0, 0.1) is 6.92 Å². The Labute approximate surface area is 103 Å². The molecule has 0 aliphatic heterocycles. The summed E-state index contributed by atoms with van der Waals surface area (Å²) in [6.07, 6.45) is 1.08. The molecule has 0 aliphatic rings. The van der Waals surface area contributed by atoms with Gasteiger partial charge in [-0.3, -0.25) is 0 Å². The molecule has 0 atom stereocenters. The number of anilines is 1. The summed E-state index contributed by atoms with van der Waals surface area (Å²) in [7, 11) is 4.00. The third-order valence-corrected chi connectivity index (χ3v) is 2.40. The van der Waals surface area contributed by atoms with E-state index in [0.29, 0.717) is 12.5 Å². The SMILES string of the molecule is CCOc1cc(N(C)CCCNC)nc(C)n1. The average Bonchev–Trinajstić information content (AvgIpc) is 2.29. The van der Waals surface area contributed by atoms with Gasteiger partial charge in [0.2, 0.25) is 5.88 Å². The van der Waals surface area contributed by atoms with Gasteiger partial charge in [0.1, 0.15) is 11.6 Å². The third-order valence-electron chi connectivity index (χ3n) is 2.40. The lowest BCUT2D eigenvalue weighted by Crippen LogP contribution is -2.23. The van der Waals surface area contributed by atoms with Gasteiger partial charge in [-0.15, -0.1) is 0 Å². The molecule has 0 aromatic carbocycles. The lowest BCUT2D eigenvalue weighted by Gasteiger charge is -2.18. The maximum Gasteiger partial charge on any atom is 0.218 e. The Hall–Kier alpha value is -1.36. The van der Waals surface area contributed by atoms with Crippen LogP contribution in [-0.2, 0) is 0 Å². The molecule has 17 heavy (non-hydrogen) atoms. The van der Waals surface area contributed by atoms with Crippen molar-refractivity contribution in [3.63, 3.8) is 0 Å². The second-order valence-electron chi connectivity index (χ2n) is 3.92. The van der Waals surface area contributed by atoms with E-state index in [2.05, 4.69) is 20.2 Å². The first-order valence-corrected chi connectivity index (χ1v) is 6.01. The maximum absolute atomic E-state index is 5.41. The van der Waals surface area contributed by atoms with Crippen molar-refractivity contribution in [2.24, 2.45) is 0 Å². The quantitative estimate of drug-likeness (QED) is 0.724. The highest BCUT2D eigenvalue weighted by molar-refractivity contribution is 5.40. The number of aromatic nitrogens is 2. The van der Waals surface area contributed by atoms with Gasteiger partial charge in [0.25, 0.3) is 0 Å². The number of aryl methyl sites for hydroxylation is 1. The van der Waals surface area contributed by atoms with Crippen LogP contribution in [0.3, 0.4) is 0 Å². The number of ether oxygens (including phenoxy) is 1. The highest BCUT2D eigenvalue weighted by Gasteiger charge is 2.06. The van der Waals surface area contributed by atoms with Crippen molar-refractivity contribution in [1.82, 2.24) is 15.3 Å². The summed E-state index contributed by atoms with van der Waals surface area (Å²) >= 11 is 0. The van der Waals surface area contributed by atoms with Crippen LogP contribution in [0.1, 0.15) is 19.2 Å². The molecule has 5 heteroatoms. The van der Waals surface area contributed by atoms with Crippen molar-refractivity contribution in [2.45, 2.75) is 20.3 Å². The second-order valence-corrected chi connectivity index (χ2v) is 3.92. The minimum Gasteiger partial charge on any atom is -0.478 e. The molecule has 0 fully saturated rings. The average molecular weight is 238 g/mol. The van der Waals surface area contributed by atoms with E-state index in [1.54, 1.807) is 0 Å². The smallest absolute Gasteiger partial charge is 0.218 e. The Morgan fingerprint density at radius 3 is 2.82 bits per heavy atom. The Bertz CT molecular complexity index is 343. The lowest BCUT2D eigenvalue weighted by molar-refractivity contribution is 0.325. The highest BCUT2D eigenvalue weighted by atomic mass is 16.5. The van der Waals surface area contributed by atoms with E-state index in [1.807, 2.05) is 34.0 Å². The normalized spacial score (nSPS) is 10.4. The van der Waals surface area contributed by atoms with Crippen molar-refractivity contribution in [2.75, 3.05) is 38.7 Å². The zero-order valence-electron chi connectivity index (χ0n) is 11.2. The predicted octanol–water partition coefficient (Wildman–Crippen LogP) is 1.23. The number of hydrogen-bond donors (Lipinski definition) is 1. The first kappa shape index (κ1) is 13.7. The summed E-state index contributed by atoms with van der Waals surface area (Å²) in [6, 6.07) is 1.88. The second kappa shape index (κ2) is 7.06. The Morgan fingerprint density at radius 2 is 2.18 bits per heavy atom. The van der Waals surface area contributed by atoms with Gasteiger partial charge < -0.3 is 15.0 Å². The Morgan fingerprint density at radius 1 is 1.41 bits per heavy atom. The van der Waals surface area contributed by atoms with Gasteiger partial charge in [-0.1, -0.05) is 0 Å². The van der Waals surface area contributed by atoms with Gasteiger partial charge in [0, 0.05) is 19.7 Å². The molecule has 0 bridgehead atoms. The van der Waals surface area contributed by atoms with Gasteiger partial charge in [0.15, 0.2) is 0 Å². The van der Waals surface area contributed by atoms with Crippen molar-refractivity contribution in [3.05, 3.63) is 11.9 Å². The summed E-state index contributed by atoms with van der Waals surface area (Å²) < 4.78 is 5.41. The summed E-state index contributed by atoms with van der Waals surface area (Å²) in [6.45, 7) is 6.43. The van der Waals surface area contributed by atoms with Crippen molar-refractivity contribution in [3.8, 4) is 5.88 Å². The molecule has 96 valence electrons. The van der Waals surface area contributed by atoms with E-state index < -0.39 is 0 Å². The molecule has 1 aromatic rings. The largest absolute Gasteiger partial charge is 0.478 e. The lowest BCUT2D eigenvalue weighted by atomic mass is 10.4. The molecule has 1 N–H and O–H groups in total. The first-order valence-electron chi connectivity index (χ1n) is 6.01. The summed E-state index contributed by atoms with van der Waals surface area (Å²) in [5, 5.41) is 3.13. The van der Waals surface area contributed by atoms with E-state index in [4.69, 9.17) is 4.74 Å². The monoisotopic (exact) mass is 238 g/mol. The highest BCUT2D eigenvalue weighted by Crippen LogP contribution is 2.16. The van der Waals surface area contributed by atoms with Crippen molar-refractivity contribution >= 4 is 5.82 Å². The van der Waals surface area contributed by atoms with Gasteiger partial charge in [-0.25, -0.2) is 4.98 Å². The van der Waals surface area contributed by atoms with Crippen molar-refractivity contribution < 1.29 is 4.74 Å². The van der Waals surface area contributed by atoms with Crippen LogP contribution in [-0.4, -0.2) is 43.8 Å². The number of nitrogens with zero attached hydrogens (tertiary/aromatic N) is 3. The minimum absolute atomic E-state index is 0.624. The molecule has 1 rings (SSSR count). The van der Waals surface area contributed by atoms with Gasteiger partial charge in [-0.2, -0.15) is 4.98 Å². The van der Waals surface area contributed by atoms with Crippen LogP contribution in [0.4, 0.5) is 5.82 Å². The van der Waals surface area contributed by atoms with Crippen LogP contribution in [0.25, 0.3) is 0 Å². The molecule has 5 nitrogen and oxygen atoms in total. The summed E-state index contributed by atoms with van der Waals surface area (Å²) in [5.41, 5.74) is 0. The van der Waals surface area contributed by atoms with Gasteiger partial charge in [0.05, 0.1) is 6.61 Å². The topological polar surface area (TPSA) is 50.3 Å². The minimum atomic E-state index is 0.624. The molecule has 1 aromatic heterocycles. The van der Waals surface area contributed by atoms with Crippen molar-refractivity contribution in [1.29, 1.82) is 0 Å².